The predicted octanol–water partition coefficient (Wildman–Crippen LogP) is 0.928. The molecule has 3 heterocycles. The highest BCUT2D eigenvalue weighted by atomic mass is 16.3. The molecule has 0 bridgehead atoms. The van der Waals surface area contributed by atoms with Gasteiger partial charge in [0.05, 0.1) is 17.9 Å². The third kappa shape index (κ3) is 3.46. The van der Waals surface area contributed by atoms with Crippen LogP contribution in [0.5, 0.6) is 0 Å². The van der Waals surface area contributed by atoms with Crippen LogP contribution < -0.4 is 5.32 Å². The van der Waals surface area contributed by atoms with Crippen molar-refractivity contribution in [1.82, 2.24) is 15.2 Å². The van der Waals surface area contributed by atoms with Crippen molar-refractivity contribution < 1.29 is 19.1 Å². The lowest BCUT2D eigenvalue weighted by molar-refractivity contribution is 0.0517. The molecule has 1 fully saturated rings. The Hall–Kier alpha value is -2.67. The second kappa shape index (κ2) is 7.27. The summed E-state index contributed by atoms with van der Waals surface area (Å²) < 4.78 is 5.15. The van der Waals surface area contributed by atoms with E-state index in [-0.39, 0.29) is 36.1 Å². The number of carbonyl (C=O) groups is 2. The molecule has 0 spiro atoms. The molecule has 7 heteroatoms. The molecule has 2 aromatic heterocycles. The highest BCUT2D eigenvalue weighted by molar-refractivity contribution is 5.94. The van der Waals surface area contributed by atoms with Gasteiger partial charge in [-0.15, -0.1) is 0 Å². The van der Waals surface area contributed by atoms with Gasteiger partial charge in [0.25, 0.3) is 11.8 Å². The van der Waals surface area contributed by atoms with Gasteiger partial charge in [-0.2, -0.15) is 0 Å². The van der Waals surface area contributed by atoms with Crippen LogP contribution in [-0.2, 0) is 0 Å². The number of amides is 2. The summed E-state index contributed by atoms with van der Waals surface area (Å²) in [5, 5.41) is 12.5. The van der Waals surface area contributed by atoms with Crippen LogP contribution in [0.4, 0.5) is 0 Å². The van der Waals surface area contributed by atoms with Crippen molar-refractivity contribution in [1.29, 1.82) is 0 Å². The van der Waals surface area contributed by atoms with Gasteiger partial charge in [-0.05, 0) is 30.7 Å². The molecule has 1 saturated heterocycles. The average Bonchev–Trinajstić information content (AvgIpc) is 3.16. The summed E-state index contributed by atoms with van der Waals surface area (Å²) in [6.07, 6.45) is 5.14. The number of aliphatic hydroxyl groups is 1. The quantitative estimate of drug-likeness (QED) is 0.870. The Morgan fingerprint density at radius 2 is 2.25 bits per heavy atom. The first kappa shape index (κ1) is 16.2. The van der Waals surface area contributed by atoms with Gasteiger partial charge in [-0.3, -0.25) is 14.6 Å². The number of rotatable bonds is 4. The molecule has 0 saturated carbocycles. The van der Waals surface area contributed by atoms with Crippen LogP contribution >= 0.6 is 0 Å². The van der Waals surface area contributed by atoms with Gasteiger partial charge in [-0.1, -0.05) is 0 Å². The number of nitrogens with zero attached hydrogens (tertiary/aromatic N) is 2. The smallest absolute Gasteiger partial charge is 0.289 e. The highest BCUT2D eigenvalue weighted by Gasteiger charge is 2.33. The number of piperidine rings is 1. The maximum atomic E-state index is 12.4. The first-order valence-corrected chi connectivity index (χ1v) is 7.83. The SMILES string of the molecule is O=C(N[C@@H]1CN(C(=O)c2ccco2)CC[C@@H]1CO)c1cccnc1. The molecule has 1 aliphatic heterocycles. The molecule has 1 aliphatic rings. The topological polar surface area (TPSA) is 95.7 Å². The standard InChI is InChI=1S/C17H19N3O4/c21-11-13-5-7-20(17(23)15-4-2-8-24-15)10-14(13)19-16(22)12-3-1-6-18-9-12/h1-4,6,8-9,13-14,21H,5,7,10-11H2,(H,19,22)/t13-,14-/m1/s1. The molecule has 0 unspecified atom stereocenters. The van der Waals surface area contributed by atoms with E-state index in [1.165, 1.54) is 12.5 Å². The Labute approximate surface area is 139 Å². The third-order valence-corrected chi connectivity index (χ3v) is 4.25. The summed E-state index contributed by atoms with van der Waals surface area (Å²) in [5.41, 5.74) is 0.448. The summed E-state index contributed by atoms with van der Waals surface area (Å²) in [7, 11) is 0. The van der Waals surface area contributed by atoms with E-state index in [1.807, 2.05) is 0 Å². The van der Waals surface area contributed by atoms with Gasteiger partial charge in [0.2, 0.25) is 0 Å². The van der Waals surface area contributed by atoms with E-state index in [4.69, 9.17) is 4.42 Å². The molecule has 7 nitrogen and oxygen atoms in total. The first-order valence-electron chi connectivity index (χ1n) is 7.83. The largest absolute Gasteiger partial charge is 0.459 e. The fraction of sp³-hybridized carbons (Fsp3) is 0.353. The Bertz CT molecular complexity index is 687. The minimum Gasteiger partial charge on any atom is -0.459 e. The second-order valence-corrected chi connectivity index (χ2v) is 5.78. The number of likely N-dealkylation sites (tertiary alicyclic amines) is 1. The zero-order valence-electron chi connectivity index (χ0n) is 13.1. The molecule has 2 amide bonds. The highest BCUT2D eigenvalue weighted by Crippen LogP contribution is 2.20. The van der Waals surface area contributed by atoms with E-state index in [0.717, 1.165) is 0 Å². The summed E-state index contributed by atoms with van der Waals surface area (Å²) in [6, 6.07) is 6.31. The van der Waals surface area contributed by atoms with E-state index >= 15 is 0 Å². The van der Waals surface area contributed by atoms with Crippen LogP contribution in [0.25, 0.3) is 0 Å². The van der Waals surface area contributed by atoms with Crippen LogP contribution in [0, 0.1) is 5.92 Å². The number of nitrogens with one attached hydrogen (secondary N) is 1. The summed E-state index contributed by atoms with van der Waals surface area (Å²) in [5.74, 6) is -0.295. The van der Waals surface area contributed by atoms with Crippen LogP contribution in [-0.4, -0.2) is 52.5 Å². The van der Waals surface area contributed by atoms with Crippen molar-refractivity contribution in [3.63, 3.8) is 0 Å². The molecule has 2 aromatic rings. The maximum Gasteiger partial charge on any atom is 0.289 e. The number of aromatic nitrogens is 1. The fourth-order valence-electron chi connectivity index (χ4n) is 2.87. The minimum absolute atomic E-state index is 0.0409. The van der Waals surface area contributed by atoms with Crippen molar-refractivity contribution in [3.8, 4) is 0 Å². The van der Waals surface area contributed by atoms with Gasteiger partial charge in [0.1, 0.15) is 0 Å². The molecule has 2 N–H and O–H groups in total. The number of carbonyl (C=O) groups excluding carboxylic acids is 2. The summed E-state index contributed by atoms with van der Waals surface area (Å²) in [4.78, 5) is 30.3. The van der Waals surface area contributed by atoms with Crippen molar-refractivity contribution in [2.75, 3.05) is 19.7 Å². The normalized spacial score (nSPS) is 20.6. The average molecular weight is 329 g/mol. The first-order chi connectivity index (χ1) is 11.7. The van der Waals surface area contributed by atoms with Gasteiger partial charge in [-0.25, -0.2) is 0 Å². The number of hydrogen-bond acceptors (Lipinski definition) is 5. The molecule has 0 aromatic carbocycles. The van der Waals surface area contributed by atoms with Gasteiger partial charge in [0.15, 0.2) is 5.76 Å². The Kier molecular flexibility index (Phi) is 4.90. The lowest BCUT2D eigenvalue weighted by Gasteiger charge is -2.37. The second-order valence-electron chi connectivity index (χ2n) is 5.78. The van der Waals surface area contributed by atoms with E-state index < -0.39 is 0 Å². The van der Waals surface area contributed by atoms with Crippen molar-refractivity contribution in [2.24, 2.45) is 5.92 Å². The molecular weight excluding hydrogens is 310 g/mol. The number of furan rings is 1. The van der Waals surface area contributed by atoms with Crippen molar-refractivity contribution in [2.45, 2.75) is 12.5 Å². The number of pyridine rings is 1. The lowest BCUT2D eigenvalue weighted by Crippen LogP contribution is -2.55. The van der Waals surface area contributed by atoms with Crippen molar-refractivity contribution >= 4 is 11.8 Å². The molecule has 24 heavy (non-hydrogen) atoms. The fourth-order valence-corrected chi connectivity index (χ4v) is 2.87. The van der Waals surface area contributed by atoms with Crippen LogP contribution in [0.2, 0.25) is 0 Å². The van der Waals surface area contributed by atoms with Crippen LogP contribution in [0.1, 0.15) is 27.3 Å². The predicted molar refractivity (Wildman–Crippen MR) is 85.3 cm³/mol. The van der Waals surface area contributed by atoms with E-state index in [0.29, 0.717) is 25.1 Å². The maximum absolute atomic E-state index is 12.4. The number of aliphatic hydroxyl groups excluding tert-OH is 1. The van der Waals surface area contributed by atoms with Gasteiger partial charge >= 0.3 is 0 Å². The van der Waals surface area contributed by atoms with Crippen LogP contribution in [0.3, 0.4) is 0 Å². The third-order valence-electron chi connectivity index (χ3n) is 4.25. The summed E-state index contributed by atoms with van der Waals surface area (Å²) >= 11 is 0. The Balaban J connectivity index is 1.69. The Morgan fingerprint density at radius 3 is 2.92 bits per heavy atom. The summed E-state index contributed by atoms with van der Waals surface area (Å²) in [6.45, 7) is 0.807. The van der Waals surface area contributed by atoms with E-state index in [2.05, 4.69) is 10.3 Å². The van der Waals surface area contributed by atoms with Gasteiger partial charge in [0, 0.05) is 38.0 Å². The number of hydrogen-bond donors (Lipinski definition) is 2. The van der Waals surface area contributed by atoms with E-state index in [1.54, 1.807) is 35.4 Å². The zero-order valence-corrected chi connectivity index (χ0v) is 13.1. The Morgan fingerprint density at radius 1 is 1.38 bits per heavy atom. The molecular formula is C17H19N3O4. The molecule has 0 aliphatic carbocycles. The van der Waals surface area contributed by atoms with Crippen LogP contribution in [0.15, 0.2) is 47.3 Å². The zero-order chi connectivity index (χ0) is 16.9. The van der Waals surface area contributed by atoms with Crippen molar-refractivity contribution in [3.05, 3.63) is 54.2 Å². The molecule has 2 atom stereocenters. The monoisotopic (exact) mass is 329 g/mol. The van der Waals surface area contributed by atoms with E-state index in [9.17, 15) is 14.7 Å². The molecule has 126 valence electrons. The lowest BCUT2D eigenvalue weighted by atomic mass is 9.92. The molecule has 3 rings (SSSR count). The molecule has 0 radical (unpaired) electrons. The minimum atomic E-state index is -0.324. The van der Waals surface area contributed by atoms with Gasteiger partial charge < -0.3 is 19.7 Å².